The van der Waals surface area contributed by atoms with Crippen LogP contribution in [0.25, 0.3) is 11.1 Å². The molecule has 2 aromatic rings. The van der Waals surface area contributed by atoms with Crippen molar-refractivity contribution < 1.29 is 24.2 Å². The van der Waals surface area contributed by atoms with E-state index in [9.17, 15) is 20.0 Å². The lowest BCUT2D eigenvalue weighted by Crippen LogP contribution is -2.64. The molecule has 0 saturated carbocycles. The van der Waals surface area contributed by atoms with E-state index in [1.807, 2.05) is 6.07 Å². The number of carbonyl (C=O) groups excluding carboxylic acids is 1. The standard InChI is InChI=1S/C25H25ClN4O5/c26-16-1-2-22(18(9-16)15-7-14-3-5-35-23(14)20(8-15)25(32)33)34-6-4-30-13-29-21-12-28-17(11-27)10-19(21)24(30)31/h1-2,7-9,17,19,21,28-29H,3-6,10,12-13H2,(H,32,33). The van der Waals surface area contributed by atoms with Gasteiger partial charge in [-0.3, -0.25) is 10.1 Å². The van der Waals surface area contributed by atoms with Gasteiger partial charge in [-0.1, -0.05) is 11.6 Å². The van der Waals surface area contributed by atoms with Gasteiger partial charge in [0.25, 0.3) is 0 Å². The molecule has 3 N–H and O–H groups in total. The Balaban J connectivity index is 1.31. The van der Waals surface area contributed by atoms with Crippen molar-refractivity contribution >= 4 is 23.5 Å². The van der Waals surface area contributed by atoms with Gasteiger partial charge in [0.05, 0.1) is 37.8 Å². The van der Waals surface area contributed by atoms with Crippen LogP contribution in [0.5, 0.6) is 11.5 Å². The number of piperidine rings is 1. The molecule has 2 saturated heterocycles. The average molecular weight is 497 g/mol. The van der Waals surface area contributed by atoms with Crippen molar-refractivity contribution in [3.8, 4) is 28.7 Å². The average Bonchev–Trinajstić information content (AvgIpc) is 3.34. The number of hydrogen-bond donors (Lipinski definition) is 3. The predicted octanol–water partition coefficient (Wildman–Crippen LogP) is 2.28. The van der Waals surface area contributed by atoms with Gasteiger partial charge >= 0.3 is 5.97 Å². The van der Waals surface area contributed by atoms with Crippen LogP contribution >= 0.6 is 11.6 Å². The van der Waals surface area contributed by atoms with Gasteiger partial charge in [0.15, 0.2) is 0 Å². The zero-order chi connectivity index (χ0) is 24.5. The van der Waals surface area contributed by atoms with E-state index >= 15 is 0 Å². The molecule has 5 rings (SSSR count). The van der Waals surface area contributed by atoms with Crippen molar-refractivity contribution in [2.75, 3.05) is 33.0 Å². The van der Waals surface area contributed by atoms with Crippen LogP contribution in [0.4, 0.5) is 0 Å². The zero-order valence-electron chi connectivity index (χ0n) is 18.9. The van der Waals surface area contributed by atoms with E-state index in [0.717, 1.165) is 5.56 Å². The van der Waals surface area contributed by atoms with Crippen molar-refractivity contribution in [1.29, 1.82) is 5.26 Å². The van der Waals surface area contributed by atoms with Gasteiger partial charge in [-0.25, -0.2) is 4.79 Å². The van der Waals surface area contributed by atoms with Crippen molar-refractivity contribution in [3.05, 3.63) is 46.5 Å². The molecule has 182 valence electrons. The summed E-state index contributed by atoms with van der Waals surface area (Å²) in [5, 5.41) is 25.9. The summed E-state index contributed by atoms with van der Waals surface area (Å²) in [6.07, 6.45) is 1.12. The highest BCUT2D eigenvalue weighted by atomic mass is 35.5. The van der Waals surface area contributed by atoms with E-state index in [1.165, 1.54) is 0 Å². The molecule has 2 aromatic carbocycles. The maximum atomic E-state index is 13.0. The number of rotatable bonds is 6. The Morgan fingerprint density at radius 2 is 2.17 bits per heavy atom. The second-order valence-corrected chi connectivity index (χ2v) is 9.34. The molecule has 3 atom stereocenters. The van der Waals surface area contributed by atoms with Crippen LogP contribution < -0.4 is 20.1 Å². The largest absolute Gasteiger partial charge is 0.492 e. The second kappa shape index (κ2) is 9.74. The van der Waals surface area contributed by atoms with Gasteiger partial charge in [0.1, 0.15) is 23.7 Å². The van der Waals surface area contributed by atoms with Crippen LogP contribution in [0.15, 0.2) is 30.3 Å². The van der Waals surface area contributed by atoms with Gasteiger partial charge in [-0.15, -0.1) is 0 Å². The molecule has 0 spiro atoms. The van der Waals surface area contributed by atoms with Crippen LogP contribution in [0.2, 0.25) is 5.02 Å². The number of halogens is 1. The first-order valence-corrected chi connectivity index (χ1v) is 11.9. The smallest absolute Gasteiger partial charge is 0.339 e. The van der Waals surface area contributed by atoms with E-state index in [1.54, 1.807) is 29.2 Å². The Kier molecular flexibility index (Phi) is 6.52. The number of fused-ring (bicyclic) bond motifs is 2. The molecule has 3 unspecified atom stereocenters. The molecule has 0 bridgehead atoms. The fourth-order valence-electron chi connectivity index (χ4n) is 4.97. The van der Waals surface area contributed by atoms with Gasteiger partial charge in [0, 0.05) is 29.6 Å². The normalized spacial score (nSPS) is 23.1. The maximum absolute atomic E-state index is 13.0. The first-order chi connectivity index (χ1) is 16.9. The monoisotopic (exact) mass is 496 g/mol. The summed E-state index contributed by atoms with van der Waals surface area (Å²) in [4.78, 5) is 26.5. The molecule has 3 heterocycles. The minimum Gasteiger partial charge on any atom is -0.492 e. The summed E-state index contributed by atoms with van der Waals surface area (Å²) < 4.78 is 11.6. The fraction of sp³-hybridized carbons (Fsp3) is 0.400. The molecule has 2 fully saturated rings. The minimum atomic E-state index is -1.06. The SMILES string of the molecule is N#CC1CC2C(=O)N(CCOc3ccc(Cl)cc3-c3cc4c(c(C(=O)O)c3)OCC4)CNC2CN1. The Hall–Kier alpha value is -3.32. The number of nitrogens with zero attached hydrogens (tertiary/aromatic N) is 2. The molecule has 1 amide bonds. The highest BCUT2D eigenvalue weighted by Gasteiger charge is 2.40. The molecule has 9 nitrogen and oxygen atoms in total. The summed E-state index contributed by atoms with van der Waals surface area (Å²) in [5.41, 5.74) is 2.30. The molecule has 0 aromatic heterocycles. The number of amides is 1. The van der Waals surface area contributed by atoms with Crippen LogP contribution in [0, 0.1) is 17.2 Å². The van der Waals surface area contributed by atoms with Crippen LogP contribution in [-0.4, -0.2) is 66.9 Å². The zero-order valence-corrected chi connectivity index (χ0v) is 19.7. The lowest BCUT2D eigenvalue weighted by Gasteiger charge is -2.42. The number of aromatic carboxylic acids is 1. The summed E-state index contributed by atoms with van der Waals surface area (Å²) >= 11 is 6.26. The topological polar surface area (TPSA) is 124 Å². The number of ether oxygens (including phenoxy) is 2. The van der Waals surface area contributed by atoms with Crippen molar-refractivity contribution in [3.63, 3.8) is 0 Å². The van der Waals surface area contributed by atoms with Gasteiger partial charge in [-0.2, -0.15) is 5.26 Å². The molecule has 3 aliphatic heterocycles. The fourth-order valence-corrected chi connectivity index (χ4v) is 5.14. The van der Waals surface area contributed by atoms with E-state index in [2.05, 4.69) is 16.7 Å². The van der Waals surface area contributed by atoms with Crippen molar-refractivity contribution in [2.45, 2.75) is 24.9 Å². The summed E-state index contributed by atoms with van der Waals surface area (Å²) in [7, 11) is 0. The van der Waals surface area contributed by atoms with E-state index in [-0.39, 0.29) is 36.1 Å². The van der Waals surface area contributed by atoms with Gasteiger partial charge in [0.2, 0.25) is 5.91 Å². The summed E-state index contributed by atoms with van der Waals surface area (Å²) in [6, 6.07) is 10.6. The molecular formula is C25H25ClN4O5. The second-order valence-electron chi connectivity index (χ2n) is 8.91. The summed E-state index contributed by atoms with van der Waals surface area (Å²) in [5.74, 6) is -0.299. The molecular weight excluding hydrogens is 472 g/mol. The number of carboxylic acids is 1. The molecule has 0 aliphatic carbocycles. The van der Waals surface area contributed by atoms with Gasteiger partial charge < -0.3 is 24.8 Å². The van der Waals surface area contributed by atoms with Crippen molar-refractivity contribution in [2.24, 2.45) is 5.92 Å². The van der Waals surface area contributed by atoms with Crippen LogP contribution in [0.1, 0.15) is 22.3 Å². The highest BCUT2D eigenvalue weighted by Crippen LogP contribution is 2.39. The molecule has 35 heavy (non-hydrogen) atoms. The molecule has 0 radical (unpaired) electrons. The Morgan fingerprint density at radius 1 is 1.31 bits per heavy atom. The van der Waals surface area contributed by atoms with E-state index in [0.29, 0.717) is 66.9 Å². The first-order valence-electron chi connectivity index (χ1n) is 11.6. The molecule has 3 aliphatic rings. The number of benzene rings is 2. The highest BCUT2D eigenvalue weighted by molar-refractivity contribution is 6.31. The minimum absolute atomic E-state index is 0.0272. The van der Waals surface area contributed by atoms with Crippen LogP contribution in [0.3, 0.4) is 0 Å². The molecule has 10 heteroatoms. The number of nitrogens with one attached hydrogen (secondary N) is 2. The Labute approximate surface area is 207 Å². The first kappa shape index (κ1) is 23.4. The van der Waals surface area contributed by atoms with E-state index < -0.39 is 5.97 Å². The third-order valence-corrected chi connectivity index (χ3v) is 7.01. The third kappa shape index (κ3) is 4.65. The van der Waals surface area contributed by atoms with E-state index in [4.69, 9.17) is 21.1 Å². The number of hydrogen-bond acceptors (Lipinski definition) is 7. The Bertz CT molecular complexity index is 1210. The van der Waals surface area contributed by atoms with Gasteiger partial charge in [-0.05, 0) is 47.9 Å². The Morgan fingerprint density at radius 3 is 2.97 bits per heavy atom. The summed E-state index contributed by atoms with van der Waals surface area (Å²) in [6.45, 7) is 2.09. The number of carboxylic acid groups (broad SMARTS) is 1. The van der Waals surface area contributed by atoms with Crippen molar-refractivity contribution in [1.82, 2.24) is 15.5 Å². The predicted molar refractivity (Wildman–Crippen MR) is 128 cm³/mol. The lowest BCUT2D eigenvalue weighted by atomic mass is 9.86. The third-order valence-electron chi connectivity index (χ3n) is 6.77. The number of carbonyl (C=O) groups is 2. The lowest BCUT2D eigenvalue weighted by molar-refractivity contribution is -0.142. The van der Waals surface area contributed by atoms with Crippen LogP contribution in [-0.2, 0) is 11.2 Å². The maximum Gasteiger partial charge on any atom is 0.339 e. The number of nitriles is 1. The quantitative estimate of drug-likeness (QED) is 0.556.